The summed E-state index contributed by atoms with van der Waals surface area (Å²) in [4.78, 5) is 0. The lowest BCUT2D eigenvalue weighted by Crippen LogP contribution is -2.06. The van der Waals surface area contributed by atoms with Crippen molar-refractivity contribution >= 4 is 10.9 Å². The highest BCUT2D eigenvalue weighted by Gasteiger charge is 2.30. The molecule has 0 aliphatic rings. The first kappa shape index (κ1) is 11.9. The summed E-state index contributed by atoms with van der Waals surface area (Å²) in [5.74, 6) is 0. The van der Waals surface area contributed by atoms with Crippen molar-refractivity contribution < 1.29 is 18.3 Å². The van der Waals surface area contributed by atoms with Crippen LogP contribution in [0.3, 0.4) is 0 Å². The zero-order valence-electron chi connectivity index (χ0n) is 8.91. The van der Waals surface area contributed by atoms with E-state index >= 15 is 0 Å². The van der Waals surface area contributed by atoms with Crippen LogP contribution in [0.15, 0.2) is 24.4 Å². The molecule has 2 aromatic rings. The molecule has 0 unspecified atom stereocenters. The fraction of sp³-hybridized carbons (Fsp3) is 0.364. The van der Waals surface area contributed by atoms with E-state index in [0.29, 0.717) is 23.9 Å². The van der Waals surface area contributed by atoms with Crippen molar-refractivity contribution in [2.24, 2.45) is 0 Å². The molecular formula is C11H11F3N2O. The van der Waals surface area contributed by atoms with Crippen LogP contribution in [0.25, 0.3) is 10.9 Å². The van der Waals surface area contributed by atoms with Crippen molar-refractivity contribution in [2.75, 3.05) is 6.61 Å². The summed E-state index contributed by atoms with van der Waals surface area (Å²) in [6, 6.07) is 3.53. The van der Waals surface area contributed by atoms with Gasteiger partial charge in [-0.2, -0.15) is 18.3 Å². The second kappa shape index (κ2) is 4.37. The summed E-state index contributed by atoms with van der Waals surface area (Å²) in [6.45, 7) is 0.391. The van der Waals surface area contributed by atoms with Gasteiger partial charge in [0.15, 0.2) is 0 Å². The van der Waals surface area contributed by atoms with Gasteiger partial charge in [-0.1, -0.05) is 6.07 Å². The van der Waals surface area contributed by atoms with E-state index in [1.54, 1.807) is 0 Å². The number of rotatable bonds is 3. The van der Waals surface area contributed by atoms with Crippen LogP contribution in [0, 0.1) is 0 Å². The van der Waals surface area contributed by atoms with Crippen LogP contribution in [0.2, 0.25) is 0 Å². The number of nitrogens with zero attached hydrogens (tertiary/aromatic N) is 2. The molecule has 1 heterocycles. The predicted molar refractivity (Wildman–Crippen MR) is 56.4 cm³/mol. The van der Waals surface area contributed by atoms with Crippen LogP contribution >= 0.6 is 0 Å². The van der Waals surface area contributed by atoms with Crippen molar-refractivity contribution in [1.29, 1.82) is 0 Å². The summed E-state index contributed by atoms with van der Waals surface area (Å²) in [5.41, 5.74) is -0.246. The smallest absolute Gasteiger partial charge is 0.396 e. The summed E-state index contributed by atoms with van der Waals surface area (Å²) in [7, 11) is 0. The average Bonchev–Trinajstić information content (AvgIpc) is 2.67. The Balaban J connectivity index is 2.43. The van der Waals surface area contributed by atoms with Crippen LogP contribution in [-0.4, -0.2) is 21.5 Å². The molecule has 1 N–H and O–H groups in total. The van der Waals surface area contributed by atoms with Gasteiger partial charge in [0.05, 0.1) is 17.3 Å². The summed E-state index contributed by atoms with van der Waals surface area (Å²) in [5, 5.41) is 13.4. The van der Waals surface area contributed by atoms with Crippen LogP contribution in [-0.2, 0) is 12.7 Å². The zero-order valence-corrected chi connectivity index (χ0v) is 8.91. The summed E-state index contributed by atoms with van der Waals surface area (Å²) < 4.78 is 39.1. The molecule has 0 radical (unpaired) electrons. The second-order valence-electron chi connectivity index (χ2n) is 3.72. The molecule has 17 heavy (non-hydrogen) atoms. The van der Waals surface area contributed by atoms with Crippen molar-refractivity contribution in [3.63, 3.8) is 0 Å². The van der Waals surface area contributed by atoms with Gasteiger partial charge in [-0.25, -0.2) is 0 Å². The Hall–Kier alpha value is -1.56. The van der Waals surface area contributed by atoms with Crippen molar-refractivity contribution in [3.05, 3.63) is 30.0 Å². The van der Waals surface area contributed by atoms with Gasteiger partial charge < -0.3 is 5.11 Å². The first-order valence-electron chi connectivity index (χ1n) is 5.16. The minimum absolute atomic E-state index is 0.0136. The number of hydrogen-bond acceptors (Lipinski definition) is 2. The van der Waals surface area contributed by atoms with Gasteiger partial charge in [0, 0.05) is 18.5 Å². The quantitative estimate of drug-likeness (QED) is 0.900. The van der Waals surface area contributed by atoms with Gasteiger partial charge >= 0.3 is 6.18 Å². The summed E-state index contributed by atoms with van der Waals surface area (Å²) in [6.07, 6.45) is -2.36. The molecule has 0 fully saturated rings. The largest absolute Gasteiger partial charge is 0.416 e. The van der Waals surface area contributed by atoms with E-state index in [-0.39, 0.29) is 6.61 Å². The molecule has 3 nitrogen and oxygen atoms in total. The fourth-order valence-electron chi connectivity index (χ4n) is 1.65. The van der Waals surface area contributed by atoms with Gasteiger partial charge in [0.25, 0.3) is 0 Å². The SMILES string of the molecule is OCCCn1ncc2ccc(C(F)(F)F)cc21. The Bertz CT molecular complexity index is 519. The van der Waals surface area contributed by atoms with E-state index in [0.717, 1.165) is 12.1 Å². The molecule has 1 aromatic carbocycles. The number of aliphatic hydroxyl groups excluding tert-OH is 1. The Labute approximate surface area is 95.5 Å². The predicted octanol–water partition coefficient (Wildman–Crippen LogP) is 2.44. The van der Waals surface area contributed by atoms with Crippen molar-refractivity contribution in [3.8, 4) is 0 Å². The highest BCUT2D eigenvalue weighted by molar-refractivity contribution is 5.79. The lowest BCUT2D eigenvalue weighted by Gasteiger charge is -2.07. The van der Waals surface area contributed by atoms with Crippen LogP contribution in [0.1, 0.15) is 12.0 Å². The Morgan fingerprint density at radius 1 is 1.29 bits per heavy atom. The molecule has 0 atom stereocenters. The molecule has 0 saturated carbocycles. The maximum atomic E-state index is 12.5. The van der Waals surface area contributed by atoms with Gasteiger partial charge in [0.1, 0.15) is 0 Å². The number of fused-ring (bicyclic) bond motifs is 1. The number of benzene rings is 1. The standard InChI is InChI=1S/C11H11F3N2O/c12-11(13,14)9-3-2-8-7-15-16(4-1-5-17)10(8)6-9/h2-3,6-7,17H,1,4-5H2. The van der Waals surface area contributed by atoms with E-state index in [1.807, 2.05) is 0 Å². The topological polar surface area (TPSA) is 38.0 Å². The molecule has 0 aliphatic heterocycles. The minimum Gasteiger partial charge on any atom is -0.396 e. The Morgan fingerprint density at radius 3 is 2.71 bits per heavy atom. The number of aliphatic hydroxyl groups is 1. The van der Waals surface area contributed by atoms with Gasteiger partial charge in [-0.3, -0.25) is 4.68 Å². The Kier molecular flexibility index (Phi) is 3.06. The monoisotopic (exact) mass is 244 g/mol. The van der Waals surface area contributed by atoms with E-state index in [9.17, 15) is 13.2 Å². The molecule has 92 valence electrons. The minimum atomic E-state index is -4.35. The van der Waals surface area contributed by atoms with Crippen LogP contribution < -0.4 is 0 Å². The number of halogens is 3. The lowest BCUT2D eigenvalue weighted by atomic mass is 10.1. The third-order valence-electron chi connectivity index (χ3n) is 2.50. The van der Waals surface area contributed by atoms with Crippen LogP contribution in [0.4, 0.5) is 13.2 Å². The highest BCUT2D eigenvalue weighted by Crippen LogP contribution is 2.31. The van der Waals surface area contributed by atoms with Gasteiger partial charge in [-0.05, 0) is 18.6 Å². The average molecular weight is 244 g/mol. The number of alkyl halides is 3. The maximum absolute atomic E-state index is 12.5. The first-order chi connectivity index (χ1) is 8.02. The maximum Gasteiger partial charge on any atom is 0.416 e. The third kappa shape index (κ3) is 2.41. The van der Waals surface area contributed by atoms with E-state index < -0.39 is 11.7 Å². The second-order valence-corrected chi connectivity index (χ2v) is 3.72. The first-order valence-corrected chi connectivity index (χ1v) is 5.16. The third-order valence-corrected chi connectivity index (χ3v) is 2.50. The zero-order chi connectivity index (χ0) is 12.5. The normalized spacial score (nSPS) is 12.2. The van der Waals surface area contributed by atoms with E-state index in [1.165, 1.54) is 16.9 Å². The number of aryl methyl sites for hydroxylation is 1. The number of aromatic nitrogens is 2. The lowest BCUT2D eigenvalue weighted by molar-refractivity contribution is -0.137. The molecule has 0 amide bonds. The Morgan fingerprint density at radius 2 is 2.06 bits per heavy atom. The molecule has 6 heteroatoms. The van der Waals surface area contributed by atoms with Gasteiger partial charge in [0.2, 0.25) is 0 Å². The number of hydrogen-bond donors (Lipinski definition) is 1. The van der Waals surface area contributed by atoms with Gasteiger partial charge in [-0.15, -0.1) is 0 Å². The summed E-state index contributed by atoms with van der Waals surface area (Å²) >= 11 is 0. The van der Waals surface area contributed by atoms with Crippen molar-refractivity contribution in [2.45, 2.75) is 19.1 Å². The van der Waals surface area contributed by atoms with Crippen molar-refractivity contribution in [1.82, 2.24) is 9.78 Å². The molecule has 0 saturated heterocycles. The molecule has 1 aromatic heterocycles. The highest BCUT2D eigenvalue weighted by atomic mass is 19.4. The molecule has 0 aliphatic carbocycles. The van der Waals surface area contributed by atoms with E-state index in [4.69, 9.17) is 5.11 Å². The van der Waals surface area contributed by atoms with Crippen LogP contribution in [0.5, 0.6) is 0 Å². The fourth-order valence-corrected chi connectivity index (χ4v) is 1.65. The molecule has 0 bridgehead atoms. The molecule has 0 spiro atoms. The molecular weight excluding hydrogens is 233 g/mol. The molecule has 2 rings (SSSR count). The van der Waals surface area contributed by atoms with E-state index in [2.05, 4.69) is 5.10 Å².